The molecule has 2 aromatic rings. The second kappa shape index (κ2) is 7.78. The van der Waals surface area contributed by atoms with Gasteiger partial charge in [0.05, 0.1) is 12.5 Å². The first kappa shape index (κ1) is 14.7. The monoisotopic (exact) mass is 283 g/mol. The minimum Gasteiger partial charge on any atom is -0.469 e. The molecule has 0 aliphatic carbocycles. The van der Waals surface area contributed by atoms with Crippen LogP contribution in [0.15, 0.2) is 71.7 Å². The molecule has 0 aliphatic heterocycles. The molecule has 0 aliphatic rings. The molecule has 0 bridgehead atoms. The van der Waals surface area contributed by atoms with Crippen molar-refractivity contribution in [2.24, 2.45) is 0 Å². The van der Waals surface area contributed by atoms with Crippen LogP contribution in [0.25, 0.3) is 0 Å². The maximum atomic E-state index is 12.0. The molecule has 108 valence electrons. The van der Waals surface area contributed by atoms with Crippen LogP contribution in [0.3, 0.4) is 0 Å². The van der Waals surface area contributed by atoms with Gasteiger partial charge in [0.2, 0.25) is 0 Å². The Hall–Kier alpha value is -2.71. The summed E-state index contributed by atoms with van der Waals surface area (Å²) in [5, 5.41) is 0. The maximum absolute atomic E-state index is 12.0. The summed E-state index contributed by atoms with van der Waals surface area (Å²) in [5.41, 5.74) is 3.54. The van der Waals surface area contributed by atoms with E-state index in [2.05, 4.69) is 12.3 Å². The molecular formula is C17H17NO3. The lowest BCUT2D eigenvalue weighted by atomic mass is 10.2. The van der Waals surface area contributed by atoms with Gasteiger partial charge in [-0.1, -0.05) is 36.9 Å². The van der Waals surface area contributed by atoms with Crippen molar-refractivity contribution >= 4 is 6.09 Å². The molecule has 1 aromatic heterocycles. The molecule has 0 fully saturated rings. The van der Waals surface area contributed by atoms with Gasteiger partial charge in [-0.2, -0.15) is 0 Å². The van der Waals surface area contributed by atoms with Crippen molar-refractivity contribution in [1.82, 2.24) is 4.90 Å². The highest BCUT2D eigenvalue weighted by Crippen LogP contribution is 2.06. The van der Waals surface area contributed by atoms with Gasteiger partial charge in [-0.15, -0.1) is 5.73 Å². The van der Waals surface area contributed by atoms with Crippen LogP contribution in [0.4, 0.5) is 4.79 Å². The lowest BCUT2D eigenvalue weighted by Gasteiger charge is -2.16. The molecule has 1 aromatic carbocycles. The van der Waals surface area contributed by atoms with E-state index in [4.69, 9.17) is 9.15 Å². The van der Waals surface area contributed by atoms with Crippen LogP contribution in [0.2, 0.25) is 0 Å². The van der Waals surface area contributed by atoms with Gasteiger partial charge in [0, 0.05) is 13.0 Å². The van der Waals surface area contributed by atoms with Crippen LogP contribution in [0, 0.1) is 0 Å². The number of hydrogen-bond acceptors (Lipinski definition) is 3. The van der Waals surface area contributed by atoms with E-state index < -0.39 is 6.09 Å². The molecule has 0 N–H and O–H groups in total. The molecule has 0 atom stereocenters. The van der Waals surface area contributed by atoms with Crippen LogP contribution in [-0.2, 0) is 17.8 Å². The minimum absolute atomic E-state index is 0.238. The summed E-state index contributed by atoms with van der Waals surface area (Å²) in [4.78, 5) is 13.5. The third-order valence-corrected chi connectivity index (χ3v) is 2.87. The number of hydrogen-bond donors (Lipinski definition) is 0. The summed E-state index contributed by atoms with van der Waals surface area (Å²) in [5.74, 6) is 0.813. The van der Waals surface area contributed by atoms with E-state index in [0.29, 0.717) is 13.0 Å². The summed E-state index contributed by atoms with van der Waals surface area (Å²) in [6.07, 6.45) is 3.26. The number of furan rings is 1. The predicted octanol–water partition coefficient (Wildman–Crippen LogP) is 3.76. The fraction of sp³-hybridized carbons (Fsp3) is 0.176. The topological polar surface area (TPSA) is 42.7 Å². The van der Waals surface area contributed by atoms with Crippen molar-refractivity contribution < 1.29 is 13.9 Å². The molecule has 21 heavy (non-hydrogen) atoms. The Labute approximate surface area is 123 Å². The third kappa shape index (κ3) is 4.71. The molecule has 0 radical (unpaired) electrons. The van der Waals surface area contributed by atoms with E-state index in [1.807, 2.05) is 42.5 Å². The molecule has 1 amide bonds. The average Bonchev–Trinajstić information content (AvgIpc) is 3.03. The molecule has 1 heterocycles. The lowest BCUT2D eigenvalue weighted by molar-refractivity contribution is 0.110. The Balaban J connectivity index is 1.87. The van der Waals surface area contributed by atoms with E-state index >= 15 is 0 Å². The van der Waals surface area contributed by atoms with E-state index in [9.17, 15) is 4.79 Å². The molecule has 0 saturated carbocycles. The molecular weight excluding hydrogens is 266 g/mol. The van der Waals surface area contributed by atoms with Gasteiger partial charge >= 0.3 is 6.09 Å². The van der Waals surface area contributed by atoms with E-state index in [1.54, 1.807) is 6.26 Å². The van der Waals surface area contributed by atoms with Crippen molar-refractivity contribution in [2.75, 3.05) is 6.54 Å². The number of nitrogens with zero attached hydrogens (tertiary/aromatic N) is 1. The Morgan fingerprint density at radius 1 is 1.29 bits per heavy atom. The number of amides is 1. The fourth-order valence-electron chi connectivity index (χ4n) is 1.81. The Bertz CT molecular complexity index is 598. The molecule has 0 spiro atoms. The van der Waals surface area contributed by atoms with Gasteiger partial charge < -0.3 is 9.15 Å². The first-order valence-electron chi connectivity index (χ1n) is 6.65. The highest BCUT2D eigenvalue weighted by atomic mass is 16.6. The minimum atomic E-state index is -0.429. The molecule has 4 nitrogen and oxygen atoms in total. The number of carbonyl (C=O) groups is 1. The highest BCUT2D eigenvalue weighted by Gasteiger charge is 2.13. The second-order valence-corrected chi connectivity index (χ2v) is 4.40. The normalized spacial score (nSPS) is 9.71. The van der Waals surface area contributed by atoms with Crippen molar-refractivity contribution in [3.63, 3.8) is 0 Å². The first-order valence-corrected chi connectivity index (χ1v) is 6.65. The number of rotatable bonds is 6. The summed E-state index contributed by atoms with van der Waals surface area (Å²) < 4.78 is 10.5. The Morgan fingerprint density at radius 3 is 2.76 bits per heavy atom. The Kier molecular flexibility index (Phi) is 5.44. The maximum Gasteiger partial charge on any atom is 0.414 e. The van der Waals surface area contributed by atoms with Crippen LogP contribution < -0.4 is 0 Å². The highest BCUT2D eigenvalue weighted by molar-refractivity contribution is 5.68. The van der Waals surface area contributed by atoms with Gasteiger partial charge in [0.25, 0.3) is 0 Å². The van der Waals surface area contributed by atoms with Crippen molar-refractivity contribution in [2.45, 2.75) is 13.0 Å². The van der Waals surface area contributed by atoms with Gasteiger partial charge in [0.15, 0.2) is 0 Å². The van der Waals surface area contributed by atoms with E-state index in [0.717, 1.165) is 11.3 Å². The molecule has 4 heteroatoms. The Morgan fingerprint density at radius 2 is 2.10 bits per heavy atom. The number of benzene rings is 1. The van der Waals surface area contributed by atoms with Crippen LogP contribution in [0.1, 0.15) is 11.3 Å². The zero-order valence-electron chi connectivity index (χ0n) is 11.7. The molecule has 0 saturated heterocycles. The average molecular weight is 283 g/mol. The smallest absolute Gasteiger partial charge is 0.414 e. The van der Waals surface area contributed by atoms with E-state index in [-0.39, 0.29) is 6.61 Å². The fourth-order valence-corrected chi connectivity index (χ4v) is 1.81. The van der Waals surface area contributed by atoms with Crippen LogP contribution in [-0.4, -0.2) is 17.5 Å². The standard InChI is InChI=1S/C17H17NO3/c1-2-11-18(12-10-16-9-6-13-20-16)17(19)21-14-15-7-4-3-5-8-15/h3-9,11,13H,1,10,12,14H2. The third-order valence-electron chi connectivity index (χ3n) is 2.87. The zero-order chi connectivity index (χ0) is 14.9. The van der Waals surface area contributed by atoms with Gasteiger partial charge in [-0.3, -0.25) is 4.90 Å². The number of ether oxygens (including phenoxy) is 1. The predicted molar refractivity (Wildman–Crippen MR) is 79.5 cm³/mol. The van der Waals surface area contributed by atoms with Gasteiger partial charge in [-0.25, -0.2) is 4.79 Å². The zero-order valence-corrected chi connectivity index (χ0v) is 11.7. The van der Waals surface area contributed by atoms with Gasteiger partial charge in [-0.05, 0) is 17.7 Å². The van der Waals surface area contributed by atoms with E-state index in [1.165, 1.54) is 11.1 Å². The quantitative estimate of drug-likeness (QED) is 0.758. The number of carbonyl (C=O) groups excluding carboxylic acids is 1. The summed E-state index contributed by atoms with van der Waals surface area (Å²) in [6, 6.07) is 13.2. The second-order valence-electron chi connectivity index (χ2n) is 4.40. The SMILES string of the molecule is C=C=CN(CCc1ccco1)C(=O)OCc1ccccc1. The van der Waals surface area contributed by atoms with Crippen molar-refractivity contribution in [1.29, 1.82) is 0 Å². The van der Waals surface area contributed by atoms with Crippen molar-refractivity contribution in [3.05, 3.63) is 78.6 Å². The van der Waals surface area contributed by atoms with Crippen molar-refractivity contribution in [3.8, 4) is 0 Å². The molecule has 0 unspecified atom stereocenters. The molecule has 2 rings (SSSR count). The van der Waals surface area contributed by atoms with Gasteiger partial charge in [0.1, 0.15) is 12.4 Å². The van der Waals surface area contributed by atoms with Crippen LogP contribution in [0.5, 0.6) is 0 Å². The van der Waals surface area contributed by atoms with Crippen LogP contribution >= 0.6 is 0 Å². The summed E-state index contributed by atoms with van der Waals surface area (Å²) in [6.45, 7) is 4.18. The summed E-state index contributed by atoms with van der Waals surface area (Å²) in [7, 11) is 0. The first-order chi connectivity index (χ1) is 10.3. The lowest BCUT2D eigenvalue weighted by Crippen LogP contribution is -2.28. The largest absolute Gasteiger partial charge is 0.469 e. The summed E-state index contributed by atoms with van der Waals surface area (Å²) >= 11 is 0.